The first-order valence-electron chi connectivity index (χ1n) is 7.20. The molecule has 0 saturated heterocycles. The van der Waals surface area contributed by atoms with Crippen LogP contribution in [0.25, 0.3) is 0 Å². The standard InChI is InChI=1S/C15H25O3PS/c1-3-5-12-20-13-11-18-19(16,17-4-2)14-15-9-7-6-8-10-15/h6-10H,3-5,11-14H2,1-2H3. The number of hydrogen-bond acceptors (Lipinski definition) is 4. The van der Waals surface area contributed by atoms with Crippen molar-refractivity contribution >= 4 is 19.4 Å². The zero-order valence-electron chi connectivity index (χ0n) is 12.4. The van der Waals surface area contributed by atoms with Crippen LogP contribution in [0.2, 0.25) is 0 Å². The van der Waals surface area contributed by atoms with E-state index in [-0.39, 0.29) is 0 Å². The van der Waals surface area contributed by atoms with Crippen LogP contribution in [-0.4, -0.2) is 24.7 Å². The number of unbranched alkanes of at least 4 members (excludes halogenated alkanes) is 1. The van der Waals surface area contributed by atoms with E-state index >= 15 is 0 Å². The fourth-order valence-corrected chi connectivity index (χ4v) is 4.42. The Bertz CT molecular complexity index is 397. The van der Waals surface area contributed by atoms with Gasteiger partial charge in [0.2, 0.25) is 0 Å². The Kier molecular flexibility index (Phi) is 9.28. The molecule has 3 nitrogen and oxygen atoms in total. The molecular formula is C15H25O3PS. The summed E-state index contributed by atoms with van der Waals surface area (Å²) in [6, 6.07) is 9.72. The van der Waals surface area contributed by atoms with E-state index in [4.69, 9.17) is 9.05 Å². The Labute approximate surface area is 127 Å². The lowest BCUT2D eigenvalue weighted by Gasteiger charge is -2.17. The molecule has 0 saturated carbocycles. The first-order chi connectivity index (χ1) is 9.70. The highest BCUT2D eigenvalue weighted by Gasteiger charge is 2.24. The predicted molar refractivity (Wildman–Crippen MR) is 87.6 cm³/mol. The predicted octanol–water partition coefficient (Wildman–Crippen LogP) is 4.97. The average Bonchev–Trinajstić information content (AvgIpc) is 2.44. The van der Waals surface area contributed by atoms with E-state index in [1.165, 1.54) is 12.8 Å². The molecule has 0 aromatic heterocycles. The largest absolute Gasteiger partial charge is 0.335 e. The van der Waals surface area contributed by atoms with E-state index in [1.807, 2.05) is 49.0 Å². The minimum Gasteiger partial charge on any atom is -0.309 e. The molecule has 0 bridgehead atoms. The van der Waals surface area contributed by atoms with Crippen molar-refractivity contribution in [3.63, 3.8) is 0 Å². The van der Waals surface area contributed by atoms with Crippen molar-refractivity contribution in [1.29, 1.82) is 0 Å². The van der Waals surface area contributed by atoms with Crippen LogP contribution in [0.4, 0.5) is 0 Å². The molecule has 0 spiro atoms. The van der Waals surface area contributed by atoms with Crippen molar-refractivity contribution in [2.45, 2.75) is 32.9 Å². The third kappa shape index (κ3) is 7.49. The highest BCUT2D eigenvalue weighted by atomic mass is 32.2. The van der Waals surface area contributed by atoms with Crippen molar-refractivity contribution < 1.29 is 13.6 Å². The Hall–Kier alpha value is -0.280. The molecule has 0 heterocycles. The van der Waals surface area contributed by atoms with Gasteiger partial charge in [-0.3, -0.25) is 4.57 Å². The van der Waals surface area contributed by atoms with Crippen LogP contribution in [0.5, 0.6) is 0 Å². The number of rotatable bonds is 11. The lowest BCUT2D eigenvalue weighted by molar-refractivity contribution is 0.220. The lowest BCUT2D eigenvalue weighted by atomic mass is 10.2. The summed E-state index contributed by atoms with van der Waals surface area (Å²) in [7, 11) is -3.01. The summed E-state index contributed by atoms with van der Waals surface area (Å²) in [5.74, 6) is 2.00. The van der Waals surface area contributed by atoms with Gasteiger partial charge in [0, 0.05) is 5.75 Å². The number of hydrogen-bond donors (Lipinski definition) is 0. The van der Waals surface area contributed by atoms with Gasteiger partial charge in [0.25, 0.3) is 0 Å². The van der Waals surface area contributed by atoms with Crippen molar-refractivity contribution in [1.82, 2.24) is 0 Å². The smallest absolute Gasteiger partial charge is 0.309 e. The summed E-state index contributed by atoms with van der Waals surface area (Å²) in [6.45, 7) is 4.92. The second-order valence-electron chi connectivity index (χ2n) is 4.47. The third-order valence-corrected chi connectivity index (χ3v) is 5.72. The van der Waals surface area contributed by atoms with Gasteiger partial charge in [-0.1, -0.05) is 43.7 Å². The molecule has 20 heavy (non-hydrogen) atoms. The highest BCUT2D eigenvalue weighted by molar-refractivity contribution is 7.99. The molecule has 5 heteroatoms. The monoisotopic (exact) mass is 316 g/mol. The average molecular weight is 316 g/mol. The molecule has 1 unspecified atom stereocenters. The summed E-state index contributed by atoms with van der Waals surface area (Å²) in [4.78, 5) is 0. The van der Waals surface area contributed by atoms with Gasteiger partial charge < -0.3 is 9.05 Å². The van der Waals surface area contributed by atoms with Gasteiger partial charge >= 0.3 is 7.60 Å². The van der Waals surface area contributed by atoms with Crippen molar-refractivity contribution in [3.05, 3.63) is 35.9 Å². The fraction of sp³-hybridized carbons (Fsp3) is 0.600. The van der Waals surface area contributed by atoms with Gasteiger partial charge in [0.05, 0.1) is 19.4 Å². The number of benzene rings is 1. The molecule has 0 amide bonds. The topological polar surface area (TPSA) is 35.5 Å². The van der Waals surface area contributed by atoms with Crippen LogP contribution in [0.15, 0.2) is 30.3 Å². The summed E-state index contributed by atoms with van der Waals surface area (Å²) in [5, 5.41) is 0. The molecule has 1 aromatic rings. The molecular weight excluding hydrogens is 291 g/mol. The Morgan fingerprint density at radius 1 is 1.10 bits per heavy atom. The van der Waals surface area contributed by atoms with Gasteiger partial charge in [-0.05, 0) is 24.7 Å². The maximum Gasteiger partial charge on any atom is 0.335 e. The minimum atomic E-state index is -3.01. The highest BCUT2D eigenvalue weighted by Crippen LogP contribution is 2.51. The van der Waals surface area contributed by atoms with Gasteiger partial charge in [0.1, 0.15) is 0 Å². The molecule has 0 fully saturated rings. The third-order valence-electron chi connectivity index (χ3n) is 2.70. The quantitative estimate of drug-likeness (QED) is 0.427. The SMILES string of the molecule is CCCCSCCOP(=O)(Cc1ccccc1)OCC. The molecule has 0 aliphatic rings. The number of thioether (sulfide) groups is 1. The second-order valence-corrected chi connectivity index (χ2v) is 7.75. The molecule has 114 valence electrons. The van der Waals surface area contributed by atoms with E-state index in [2.05, 4.69) is 6.92 Å². The summed E-state index contributed by atoms with van der Waals surface area (Å²) in [6.07, 6.45) is 2.78. The summed E-state index contributed by atoms with van der Waals surface area (Å²) < 4.78 is 23.6. The molecule has 0 N–H and O–H groups in total. The first-order valence-corrected chi connectivity index (χ1v) is 10.1. The van der Waals surface area contributed by atoms with Crippen LogP contribution in [0.1, 0.15) is 32.3 Å². The van der Waals surface area contributed by atoms with Crippen molar-refractivity contribution in [2.75, 3.05) is 24.7 Å². The maximum absolute atomic E-state index is 12.6. The summed E-state index contributed by atoms with van der Waals surface area (Å²) in [5.41, 5.74) is 0.989. The minimum absolute atomic E-state index is 0.349. The fourth-order valence-electron chi connectivity index (χ4n) is 1.72. The van der Waals surface area contributed by atoms with Gasteiger partial charge in [-0.2, -0.15) is 11.8 Å². The van der Waals surface area contributed by atoms with E-state index in [0.29, 0.717) is 19.4 Å². The molecule has 1 aromatic carbocycles. The Morgan fingerprint density at radius 3 is 2.50 bits per heavy atom. The molecule has 1 atom stereocenters. The molecule has 1 rings (SSSR count). The summed E-state index contributed by atoms with van der Waals surface area (Å²) >= 11 is 1.84. The molecule has 0 aliphatic carbocycles. The Morgan fingerprint density at radius 2 is 1.85 bits per heavy atom. The van der Waals surface area contributed by atoms with Gasteiger partial charge in [-0.25, -0.2) is 0 Å². The van der Waals surface area contributed by atoms with Gasteiger partial charge in [0.15, 0.2) is 0 Å². The van der Waals surface area contributed by atoms with E-state index in [1.54, 1.807) is 0 Å². The van der Waals surface area contributed by atoms with E-state index in [0.717, 1.165) is 17.1 Å². The lowest BCUT2D eigenvalue weighted by Crippen LogP contribution is -2.02. The van der Waals surface area contributed by atoms with Crippen molar-refractivity contribution in [3.8, 4) is 0 Å². The van der Waals surface area contributed by atoms with Crippen LogP contribution in [0.3, 0.4) is 0 Å². The van der Waals surface area contributed by atoms with Crippen LogP contribution < -0.4 is 0 Å². The van der Waals surface area contributed by atoms with Crippen LogP contribution >= 0.6 is 19.4 Å². The normalized spacial score (nSPS) is 14.1. The second kappa shape index (κ2) is 10.4. The zero-order chi connectivity index (χ0) is 14.7. The van der Waals surface area contributed by atoms with Crippen LogP contribution in [0, 0.1) is 0 Å². The van der Waals surface area contributed by atoms with Crippen molar-refractivity contribution in [2.24, 2.45) is 0 Å². The zero-order valence-corrected chi connectivity index (χ0v) is 14.1. The van der Waals surface area contributed by atoms with E-state index < -0.39 is 7.60 Å². The van der Waals surface area contributed by atoms with Crippen LogP contribution in [-0.2, 0) is 19.8 Å². The first kappa shape index (κ1) is 17.8. The van der Waals surface area contributed by atoms with Gasteiger partial charge in [-0.15, -0.1) is 0 Å². The molecule has 0 radical (unpaired) electrons. The van der Waals surface area contributed by atoms with E-state index in [9.17, 15) is 4.57 Å². The molecule has 0 aliphatic heterocycles. The maximum atomic E-state index is 12.6. The Balaban J connectivity index is 2.39.